The highest BCUT2D eigenvalue weighted by molar-refractivity contribution is 5.56. The summed E-state index contributed by atoms with van der Waals surface area (Å²) in [5.74, 6) is 0.299. The van der Waals surface area contributed by atoms with Crippen molar-refractivity contribution < 1.29 is 17.6 Å². The molecule has 0 spiro atoms. The largest absolute Gasteiger partial charge is 0.460 e. The number of H-pyrrole nitrogens is 1. The maximum absolute atomic E-state index is 12.9. The number of halogens is 3. The summed E-state index contributed by atoms with van der Waals surface area (Å²) in [4.78, 5) is 0. The van der Waals surface area contributed by atoms with E-state index in [9.17, 15) is 13.2 Å². The Balaban J connectivity index is 1.62. The van der Waals surface area contributed by atoms with E-state index in [4.69, 9.17) is 4.42 Å². The van der Waals surface area contributed by atoms with Crippen LogP contribution in [0.3, 0.4) is 0 Å². The molecule has 0 aromatic carbocycles. The van der Waals surface area contributed by atoms with Gasteiger partial charge in [-0.3, -0.25) is 5.10 Å². The van der Waals surface area contributed by atoms with Crippen LogP contribution < -0.4 is 5.32 Å². The van der Waals surface area contributed by atoms with E-state index in [1.165, 1.54) is 0 Å². The predicted octanol–water partition coefficient (Wildman–Crippen LogP) is 4.19. The lowest BCUT2D eigenvalue weighted by atomic mass is 9.85. The van der Waals surface area contributed by atoms with Gasteiger partial charge in [-0.05, 0) is 38.3 Å². The van der Waals surface area contributed by atoms with E-state index in [0.717, 1.165) is 23.4 Å². The van der Waals surface area contributed by atoms with Crippen molar-refractivity contribution in [1.82, 2.24) is 15.5 Å². The van der Waals surface area contributed by atoms with Crippen molar-refractivity contribution in [3.63, 3.8) is 0 Å². The lowest BCUT2D eigenvalue weighted by Gasteiger charge is -2.31. The standard InChI is InChI=1S/C16H20F3N3O/c1-10-5-6-14(23-10)15-11(9-21-22-15)8-20-13-4-2-3-12(7-13)16(17,18)19/h5-6,9,12-13,20H,2-4,7-8H2,1H3,(H,21,22)/t12-,13+/m0/s1. The van der Waals surface area contributed by atoms with Crippen molar-refractivity contribution in [3.8, 4) is 11.5 Å². The number of rotatable bonds is 4. The van der Waals surface area contributed by atoms with Crippen molar-refractivity contribution in [1.29, 1.82) is 0 Å². The Hall–Kier alpha value is -1.76. The summed E-state index contributed by atoms with van der Waals surface area (Å²) in [6.45, 7) is 2.33. The second kappa shape index (κ2) is 6.39. The Morgan fingerprint density at radius 2 is 2.17 bits per heavy atom. The molecule has 126 valence electrons. The third kappa shape index (κ3) is 3.77. The first kappa shape index (κ1) is 16.1. The van der Waals surface area contributed by atoms with Crippen LogP contribution in [0.1, 0.15) is 37.0 Å². The number of furan rings is 1. The number of hydrogen-bond acceptors (Lipinski definition) is 3. The minimum absolute atomic E-state index is 0.114. The highest BCUT2D eigenvalue weighted by Gasteiger charge is 2.42. The summed E-state index contributed by atoms with van der Waals surface area (Å²) in [5.41, 5.74) is 1.67. The van der Waals surface area contributed by atoms with Gasteiger partial charge in [0.2, 0.25) is 0 Å². The van der Waals surface area contributed by atoms with Gasteiger partial charge < -0.3 is 9.73 Å². The van der Waals surface area contributed by atoms with Crippen LogP contribution in [0.4, 0.5) is 13.2 Å². The minimum Gasteiger partial charge on any atom is -0.460 e. The smallest absolute Gasteiger partial charge is 0.391 e. The van der Waals surface area contributed by atoms with Crippen molar-refractivity contribution in [3.05, 3.63) is 29.7 Å². The van der Waals surface area contributed by atoms with E-state index < -0.39 is 12.1 Å². The highest BCUT2D eigenvalue weighted by atomic mass is 19.4. The van der Waals surface area contributed by atoms with Crippen LogP contribution in [-0.4, -0.2) is 22.4 Å². The van der Waals surface area contributed by atoms with E-state index in [1.807, 2.05) is 19.1 Å². The van der Waals surface area contributed by atoms with E-state index in [1.54, 1.807) is 6.20 Å². The second-order valence-electron chi connectivity index (χ2n) is 6.16. The molecule has 2 aromatic heterocycles. The molecule has 0 amide bonds. The topological polar surface area (TPSA) is 53.9 Å². The molecule has 2 heterocycles. The van der Waals surface area contributed by atoms with Crippen molar-refractivity contribution >= 4 is 0 Å². The van der Waals surface area contributed by atoms with Gasteiger partial charge in [0.1, 0.15) is 11.5 Å². The molecule has 23 heavy (non-hydrogen) atoms. The van der Waals surface area contributed by atoms with Crippen molar-refractivity contribution in [2.45, 2.75) is 51.4 Å². The quantitative estimate of drug-likeness (QED) is 0.885. The summed E-state index contributed by atoms with van der Waals surface area (Å²) in [6.07, 6.45) is -0.630. The number of nitrogens with one attached hydrogen (secondary N) is 2. The molecular formula is C16H20F3N3O. The molecule has 3 rings (SSSR count). The summed E-state index contributed by atoms with van der Waals surface area (Å²) in [5, 5.41) is 10.2. The monoisotopic (exact) mass is 327 g/mol. The fourth-order valence-electron chi connectivity index (χ4n) is 3.15. The fourth-order valence-corrected chi connectivity index (χ4v) is 3.15. The lowest BCUT2D eigenvalue weighted by molar-refractivity contribution is -0.183. The van der Waals surface area contributed by atoms with Crippen LogP contribution in [0, 0.1) is 12.8 Å². The van der Waals surface area contributed by atoms with Gasteiger partial charge in [0, 0.05) is 18.2 Å². The van der Waals surface area contributed by atoms with Gasteiger partial charge in [-0.1, -0.05) is 6.42 Å². The van der Waals surface area contributed by atoms with E-state index in [2.05, 4.69) is 15.5 Å². The predicted molar refractivity (Wildman–Crippen MR) is 79.7 cm³/mol. The van der Waals surface area contributed by atoms with Gasteiger partial charge in [0.25, 0.3) is 0 Å². The molecule has 0 aliphatic heterocycles. The molecule has 0 radical (unpaired) electrons. The maximum Gasteiger partial charge on any atom is 0.391 e. The molecule has 4 nitrogen and oxygen atoms in total. The van der Waals surface area contributed by atoms with Crippen LogP contribution in [-0.2, 0) is 6.54 Å². The maximum atomic E-state index is 12.9. The third-order valence-electron chi connectivity index (χ3n) is 4.42. The van der Waals surface area contributed by atoms with E-state index >= 15 is 0 Å². The molecule has 0 unspecified atom stereocenters. The van der Waals surface area contributed by atoms with Gasteiger partial charge in [-0.2, -0.15) is 18.3 Å². The van der Waals surface area contributed by atoms with Crippen LogP contribution in [0.25, 0.3) is 11.5 Å². The number of aryl methyl sites for hydroxylation is 1. The zero-order valence-corrected chi connectivity index (χ0v) is 12.9. The first-order valence-corrected chi connectivity index (χ1v) is 7.82. The Morgan fingerprint density at radius 1 is 1.35 bits per heavy atom. The number of alkyl halides is 3. The molecule has 2 atom stereocenters. The molecule has 1 aliphatic rings. The van der Waals surface area contributed by atoms with Crippen LogP contribution in [0.2, 0.25) is 0 Å². The van der Waals surface area contributed by atoms with Crippen molar-refractivity contribution in [2.75, 3.05) is 0 Å². The Bertz CT molecular complexity index is 647. The zero-order chi connectivity index (χ0) is 16.4. The van der Waals surface area contributed by atoms with Crippen LogP contribution >= 0.6 is 0 Å². The molecule has 0 saturated heterocycles. The number of nitrogens with zero attached hydrogens (tertiary/aromatic N) is 1. The summed E-state index contributed by atoms with van der Waals surface area (Å²) in [6, 6.07) is 3.60. The first-order valence-electron chi connectivity index (χ1n) is 7.82. The van der Waals surface area contributed by atoms with Gasteiger partial charge in [0.15, 0.2) is 5.76 Å². The third-order valence-corrected chi connectivity index (χ3v) is 4.42. The average molecular weight is 327 g/mol. The summed E-state index contributed by atoms with van der Waals surface area (Å²) >= 11 is 0. The fraction of sp³-hybridized carbons (Fsp3) is 0.562. The molecule has 0 bridgehead atoms. The Kier molecular flexibility index (Phi) is 4.48. The molecule has 2 N–H and O–H groups in total. The molecular weight excluding hydrogens is 307 g/mol. The normalized spacial score (nSPS) is 22.4. The van der Waals surface area contributed by atoms with Gasteiger partial charge >= 0.3 is 6.18 Å². The molecule has 1 fully saturated rings. The van der Waals surface area contributed by atoms with E-state index in [-0.39, 0.29) is 18.9 Å². The first-order chi connectivity index (χ1) is 10.9. The van der Waals surface area contributed by atoms with E-state index in [0.29, 0.717) is 18.7 Å². The highest BCUT2D eigenvalue weighted by Crippen LogP contribution is 2.37. The van der Waals surface area contributed by atoms with Gasteiger partial charge in [0.05, 0.1) is 12.1 Å². The number of aromatic nitrogens is 2. The average Bonchev–Trinajstić information content (AvgIpc) is 3.13. The molecule has 7 heteroatoms. The molecule has 1 aliphatic carbocycles. The van der Waals surface area contributed by atoms with Crippen LogP contribution in [0.5, 0.6) is 0 Å². The summed E-state index contributed by atoms with van der Waals surface area (Å²) < 4.78 is 44.2. The number of aromatic amines is 1. The van der Waals surface area contributed by atoms with Crippen LogP contribution in [0.15, 0.2) is 22.7 Å². The second-order valence-corrected chi connectivity index (χ2v) is 6.16. The minimum atomic E-state index is -4.09. The number of hydrogen-bond donors (Lipinski definition) is 2. The Morgan fingerprint density at radius 3 is 2.87 bits per heavy atom. The molecule has 1 saturated carbocycles. The summed E-state index contributed by atoms with van der Waals surface area (Å²) in [7, 11) is 0. The SMILES string of the molecule is Cc1ccc(-c2[nH]ncc2CN[C@@H]2CCC[C@H](C(F)(F)F)C2)o1. The van der Waals surface area contributed by atoms with Gasteiger partial charge in [-0.25, -0.2) is 0 Å². The lowest BCUT2D eigenvalue weighted by Crippen LogP contribution is -2.38. The van der Waals surface area contributed by atoms with Crippen molar-refractivity contribution in [2.24, 2.45) is 5.92 Å². The Labute approximate surface area is 132 Å². The zero-order valence-electron chi connectivity index (χ0n) is 12.9. The van der Waals surface area contributed by atoms with Gasteiger partial charge in [-0.15, -0.1) is 0 Å². The molecule has 2 aromatic rings.